The lowest BCUT2D eigenvalue weighted by Crippen LogP contribution is -2.01. The molecule has 0 saturated heterocycles. The minimum Gasteiger partial charge on any atom is -0.505 e. The Morgan fingerprint density at radius 3 is 2.50 bits per heavy atom. The quantitative estimate of drug-likeness (QED) is 0.420. The van der Waals surface area contributed by atoms with Crippen molar-refractivity contribution in [2.75, 3.05) is 5.32 Å². The predicted molar refractivity (Wildman–Crippen MR) is 77.0 cm³/mol. The van der Waals surface area contributed by atoms with E-state index in [1.807, 2.05) is 24.3 Å². The highest BCUT2D eigenvalue weighted by Crippen LogP contribution is 2.55. The average Bonchev–Trinajstić information content (AvgIpc) is 2.41. The first-order valence-corrected chi connectivity index (χ1v) is 6.98. The molecule has 18 heavy (non-hydrogen) atoms. The molecular formula is C12H6Cl3NOS. The maximum absolute atomic E-state index is 9.80. The van der Waals surface area contributed by atoms with E-state index in [9.17, 15) is 5.11 Å². The average molecular weight is 319 g/mol. The fourth-order valence-corrected chi connectivity index (χ4v) is 3.60. The van der Waals surface area contributed by atoms with Crippen molar-refractivity contribution in [2.45, 2.75) is 9.79 Å². The Morgan fingerprint density at radius 1 is 1.00 bits per heavy atom. The van der Waals surface area contributed by atoms with Crippen LogP contribution < -0.4 is 5.32 Å². The number of anilines is 2. The molecule has 0 atom stereocenters. The zero-order valence-corrected chi connectivity index (χ0v) is 11.9. The Balaban J connectivity index is 2.25. The number of hydrogen-bond acceptors (Lipinski definition) is 3. The van der Waals surface area contributed by atoms with E-state index in [0.717, 1.165) is 10.6 Å². The Bertz CT molecular complexity index is 604. The van der Waals surface area contributed by atoms with Gasteiger partial charge in [0.15, 0.2) is 5.75 Å². The maximum atomic E-state index is 9.80. The van der Waals surface area contributed by atoms with E-state index in [1.54, 1.807) is 0 Å². The molecule has 0 unspecified atom stereocenters. The zero-order chi connectivity index (χ0) is 12.9. The van der Waals surface area contributed by atoms with Gasteiger partial charge in [-0.25, -0.2) is 0 Å². The maximum Gasteiger partial charge on any atom is 0.155 e. The first-order valence-electron chi connectivity index (χ1n) is 5.03. The molecule has 0 fully saturated rings. The van der Waals surface area contributed by atoms with Gasteiger partial charge in [0.1, 0.15) is 10.0 Å². The topological polar surface area (TPSA) is 32.3 Å². The number of para-hydroxylation sites is 1. The standard InChI is InChI=1S/C12H6Cl3NOS/c13-7-8(14)11(17)9(15)12-10(7)16-5-3-1-2-4-6(5)18-12/h1-4,16-17H. The van der Waals surface area contributed by atoms with Gasteiger partial charge in [0.2, 0.25) is 0 Å². The number of fused-ring (bicyclic) bond motifs is 2. The number of nitrogens with one attached hydrogen (secondary N) is 1. The second-order valence-electron chi connectivity index (χ2n) is 3.72. The van der Waals surface area contributed by atoms with Crippen molar-refractivity contribution in [3.63, 3.8) is 0 Å². The Kier molecular flexibility index (Phi) is 3.02. The molecule has 0 amide bonds. The predicted octanol–water partition coefficient (Wildman–Crippen LogP) is 5.56. The summed E-state index contributed by atoms with van der Waals surface area (Å²) in [4.78, 5) is 1.70. The Labute approximate surface area is 123 Å². The number of hydrogen-bond donors (Lipinski definition) is 2. The molecule has 92 valence electrons. The van der Waals surface area contributed by atoms with E-state index in [4.69, 9.17) is 34.8 Å². The van der Waals surface area contributed by atoms with Gasteiger partial charge in [-0.15, -0.1) is 0 Å². The van der Waals surface area contributed by atoms with E-state index in [0.29, 0.717) is 10.6 Å². The minimum absolute atomic E-state index is 0.0629. The largest absolute Gasteiger partial charge is 0.505 e. The number of phenols is 1. The van der Waals surface area contributed by atoms with Crippen molar-refractivity contribution in [3.05, 3.63) is 39.3 Å². The molecule has 1 aliphatic heterocycles. The molecular weight excluding hydrogens is 313 g/mol. The van der Waals surface area contributed by atoms with Crippen molar-refractivity contribution in [1.29, 1.82) is 0 Å². The molecule has 3 rings (SSSR count). The zero-order valence-electron chi connectivity index (χ0n) is 8.80. The summed E-state index contributed by atoms with van der Waals surface area (Å²) in [6.07, 6.45) is 0. The Morgan fingerprint density at radius 2 is 1.72 bits per heavy atom. The summed E-state index contributed by atoms with van der Waals surface area (Å²) in [7, 11) is 0. The van der Waals surface area contributed by atoms with Crippen molar-refractivity contribution < 1.29 is 5.11 Å². The van der Waals surface area contributed by atoms with Crippen molar-refractivity contribution in [2.24, 2.45) is 0 Å². The summed E-state index contributed by atoms with van der Waals surface area (Å²) in [6, 6.07) is 7.76. The fraction of sp³-hybridized carbons (Fsp3) is 0. The molecule has 1 aliphatic rings. The summed E-state index contributed by atoms with van der Waals surface area (Å²) in [6.45, 7) is 0. The van der Waals surface area contributed by atoms with Crippen LogP contribution in [0.1, 0.15) is 0 Å². The highest BCUT2D eigenvalue weighted by molar-refractivity contribution is 7.99. The van der Waals surface area contributed by atoms with Gasteiger partial charge in [-0.1, -0.05) is 58.7 Å². The summed E-state index contributed by atoms with van der Waals surface area (Å²) in [5.74, 6) is -0.184. The third kappa shape index (κ3) is 1.74. The van der Waals surface area contributed by atoms with Gasteiger partial charge in [-0.3, -0.25) is 0 Å². The molecule has 0 radical (unpaired) electrons. The summed E-state index contributed by atoms with van der Waals surface area (Å²) >= 11 is 19.6. The van der Waals surface area contributed by atoms with Gasteiger partial charge < -0.3 is 10.4 Å². The first kappa shape index (κ1) is 12.3. The normalized spacial score (nSPS) is 12.6. The second kappa shape index (κ2) is 4.42. The van der Waals surface area contributed by atoms with Crippen LogP contribution in [-0.4, -0.2) is 5.11 Å². The minimum atomic E-state index is -0.184. The second-order valence-corrected chi connectivity index (χ2v) is 5.90. The molecule has 0 saturated carbocycles. The van der Waals surface area contributed by atoms with Gasteiger partial charge in [0.05, 0.1) is 21.3 Å². The van der Waals surface area contributed by atoms with Gasteiger partial charge >= 0.3 is 0 Å². The van der Waals surface area contributed by atoms with Crippen molar-refractivity contribution in [1.82, 2.24) is 0 Å². The molecule has 0 bridgehead atoms. The van der Waals surface area contributed by atoms with Gasteiger partial charge in [0.25, 0.3) is 0 Å². The van der Waals surface area contributed by atoms with Crippen LogP contribution in [0.15, 0.2) is 34.1 Å². The lowest BCUT2D eigenvalue weighted by molar-refractivity contribution is 0.474. The number of rotatable bonds is 0. The van der Waals surface area contributed by atoms with Gasteiger partial charge in [-0.2, -0.15) is 0 Å². The molecule has 0 aliphatic carbocycles. The number of benzene rings is 2. The number of aromatic hydroxyl groups is 1. The van der Waals surface area contributed by atoms with Crippen LogP contribution in [0.2, 0.25) is 15.1 Å². The monoisotopic (exact) mass is 317 g/mol. The number of halogens is 3. The SMILES string of the molecule is Oc1c(Cl)c(Cl)c2c(c1Cl)Sc1ccccc1N2. The lowest BCUT2D eigenvalue weighted by atomic mass is 10.2. The smallest absolute Gasteiger partial charge is 0.155 e. The summed E-state index contributed by atoms with van der Waals surface area (Å²) in [5.41, 5.74) is 1.57. The first-order chi connectivity index (χ1) is 8.59. The van der Waals surface area contributed by atoms with Crippen LogP contribution in [0.25, 0.3) is 0 Å². The van der Waals surface area contributed by atoms with E-state index in [-0.39, 0.29) is 20.8 Å². The van der Waals surface area contributed by atoms with E-state index < -0.39 is 0 Å². The fourth-order valence-electron chi connectivity index (χ4n) is 1.74. The number of phenolic OH excluding ortho intramolecular Hbond substituents is 1. The van der Waals surface area contributed by atoms with Gasteiger partial charge in [0, 0.05) is 4.90 Å². The van der Waals surface area contributed by atoms with Crippen molar-refractivity contribution in [3.8, 4) is 5.75 Å². The highest BCUT2D eigenvalue weighted by Gasteiger charge is 2.25. The molecule has 2 aromatic rings. The lowest BCUT2D eigenvalue weighted by Gasteiger charge is -2.23. The molecule has 6 heteroatoms. The van der Waals surface area contributed by atoms with Crippen LogP contribution in [-0.2, 0) is 0 Å². The van der Waals surface area contributed by atoms with Crippen LogP contribution in [0.4, 0.5) is 11.4 Å². The third-order valence-corrected chi connectivity index (χ3v) is 5.12. The van der Waals surface area contributed by atoms with E-state index in [1.165, 1.54) is 11.8 Å². The molecule has 2 nitrogen and oxygen atoms in total. The molecule has 2 N–H and O–H groups in total. The van der Waals surface area contributed by atoms with E-state index >= 15 is 0 Å². The van der Waals surface area contributed by atoms with Crippen LogP contribution in [0.3, 0.4) is 0 Å². The van der Waals surface area contributed by atoms with E-state index in [2.05, 4.69) is 5.32 Å². The van der Waals surface area contributed by atoms with Crippen LogP contribution >= 0.6 is 46.6 Å². The molecule has 0 spiro atoms. The molecule has 1 heterocycles. The van der Waals surface area contributed by atoms with Crippen LogP contribution in [0, 0.1) is 0 Å². The van der Waals surface area contributed by atoms with Crippen LogP contribution in [0.5, 0.6) is 5.75 Å². The Hall–Kier alpha value is -0.740. The molecule has 0 aromatic heterocycles. The summed E-state index contributed by atoms with van der Waals surface area (Å²) < 4.78 is 0. The van der Waals surface area contributed by atoms with Gasteiger partial charge in [-0.05, 0) is 12.1 Å². The highest BCUT2D eigenvalue weighted by atomic mass is 35.5. The third-order valence-electron chi connectivity index (χ3n) is 2.61. The van der Waals surface area contributed by atoms with Crippen molar-refractivity contribution >= 4 is 57.9 Å². The molecule has 2 aromatic carbocycles. The summed E-state index contributed by atoms with van der Waals surface area (Å²) in [5, 5.41) is 13.5.